The molecule has 0 radical (unpaired) electrons. The fraction of sp³-hybridized carbons (Fsp3) is 0.545. The summed E-state index contributed by atoms with van der Waals surface area (Å²) in [5, 5.41) is 26.7. The van der Waals surface area contributed by atoms with Gasteiger partial charge in [0, 0.05) is 25.6 Å². The van der Waals surface area contributed by atoms with Crippen molar-refractivity contribution in [1.82, 2.24) is 20.2 Å². The summed E-state index contributed by atoms with van der Waals surface area (Å²) < 4.78 is 0. The summed E-state index contributed by atoms with van der Waals surface area (Å²) in [6, 6.07) is 0. The number of anilines is 1. The first-order valence-corrected chi connectivity index (χ1v) is 5.97. The minimum atomic E-state index is -0.527. The maximum absolute atomic E-state index is 9.95. The van der Waals surface area contributed by atoms with Crippen molar-refractivity contribution in [2.75, 3.05) is 24.6 Å². The van der Waals surface area contributed by atoms with Gasteiger partial charge < -0.3 is 15.1 Å². The summed E-state index contributed by atoms with van der Waals surface area (Å²) in [5.74, 6) is 0.743. The number of aromatic amines is 1. The Morgan fingerprint density at radius 2 is 2.33 bits per heavy atom. The van der Waals surface area contributed by atoms with Crippen molar-refractivity contribution in [1.29, 1.82) is 0 Å². The van der Waals surface area contributed by atoms with Gasteiger partial charge in [0.15, 0.2) is 5.65 Å². The van der Waals surface area contributed by atoms with E-state index in [2.05, 4.69) is 20.2 Å². The zero-order valence-corrected chi connectivity index (χ0v) is 9.82. The highest BCUT2D eigenvalue weighted by molar-refractivity contribution is 5.86. The zero-order valence-electron chi connectivity index (χ0n) is 9.82. The lowest BCUT2D eigenvalue weighted by atomic mass is 9.95. The monoisotopic (exact) mass is 249 g/mol. The summed E-state index contributed by atoms with van der Waals surface area (Å²) >= 11 is 0. The maximum Gasteiger partial charge on any atom is 0.160 e. The quantitative estimate of drug-likeness (QED) is 0.665. The van der Waals surface area contributed by atoms with Gasteiger partial charge in [-0.3, -0.25) is 5.10 Å². The first-order chi connectivity index (χ1) is 8.79. The summed E-state index contributed by atoms with van der Waals surface area (Å²) in [6.07, 6.45) is 3.40. The van der Waals surface area contributed by atoms with E-state index in [1.807, 2.05) is 4.90 Å². The third-order valence-corrected chi connectivity index (χ3v) is 3.48. The highest BCUT2D eigenvalue weighted by Gasteiger charge is 2.28. The molecule has 7 nitrogen and oxygen atoms in total. The Bertz CT molecular complexity index is 543. The fourth-order valence-electron chi connectivity index (χ4n) is 2.39. The molecule has 1 aliphatic heterocycles. The number of hydrogen-bond acceptors (Lipinski definition) is 6. The van der Waals surface area contributed by atoms with E-state index >= 15 is 0 Å². The van der Waals surface area contributed by atoms with Crippen LogP contribution < -0.4 is 4.90 Å². The van der Waals surface area contributed by atoms with Gasteiger partial charge in [-0.15, -0.1) is 0 Å². The summed E-state index contributed by atoms with van der Waals surface area (Å²) in [4.78, 5) is 10.4. The molecule has 2 aromatic rings. The average Bonchev–Trinajstić information content (AvgIpc) is 2.86. The second-order valence-corrected chi connectivity index (χ2v) is 4.57. The number of rotatable bonds is 2. The van der Waals surface area contributed by atoms with Gasteiger partial charge >= 0.3 is 0 Å². The van der Waals surface area contributed by atoms with Crippen LogP contribution in [0.1, 0.15) is 6.42 Å². The van der Waals surface area contributed by atoms with Crippen LogP contribution in [0.2, 0.25) is 0 Å². The third kappa shape index (κ3) is 1.81. The predicted molar refractivity (Wildman–Crippen MR) is 65.1 cm³/mol. The minimum Gasteiger partial charge on any atom is -0.396 e. The largest absolute Gasteiger partial charge is 0.396 e. The second-order valence-electron chi connectivity index (χ2n) is 4.57. The highest BCUT2D eigenvalue weighted by Crippen LogP contribution is 2.26. The van der Waals surface area contributed by atoms with E-state index in [1.54, 1.807) is 6.20 Å². The molecule has 0 spiro atoms. The number of aliphatic hydroxyl groups is 2. The van der Waals surface area contributed by atoms with Gasteiger partial charge in [-0.25, -0.2) is 9.97 Å². The molecule has 2 aromatic heterocycles. The number of fused-ring (bicyclic) bond motifs is 1. The normalized spacial score (nSPS) is 24.7. The fourth-order valence-corrected chi connectivity index (χ4v) is 2.39. The van der Waals surface area contributed by atoms with E-state index in [0.717, 1.165) is 24.2 Å². The molecule has 1 saturated heterocycles. The molecule has 7 heteroatoms. The summed E-state index contributed by atoms with van der Waals surface area (Å²) in [5.41, 5.74) is 0.693. The van der Waals surface area contributed by atoms with Gasteiger partial charge in [0.2, 0.25) is 0 Å². The van der Waals surface area contributed by atoms with Crippen LogP contribution in [-0.4, -0.2) is 56.2 Å². The number of nitrogens with zero attached hydrogens (tertiary/aromatic N) is 4. The molecule has 2 atom stereocenters. The molecule has 1 fully saturated rings. The van der Waals surface area contributed by atoms with Gasteiger partial charge in [-0.2, -0.15) is 5.10 Å². The molecule has 0 saturated carbocycles. The second kappa shape index (κ2) is 4.51. The molecule has 3 rings (SSSR count). The Morgan fingerprint density at radius 3 is 3.11 bits per heavy atom. The molecule has 0 bridgehead atoms. The summed E-state index contributed by atoms with van der Waals surface area (Å²) in [7, 11) is 0. The number of aromatic nitrogens is 4. The zero-order chi connectivity index (χ0) is 12.5. The highest BCUT2D eigenvalue weighted by atomic mass is 16.3. The average molecular weight is 249 g/mol. The Hall–Kier alpha value is -1.73. The molecule has 0 aromatic carbocycles. The Labute approximate surface area is 103 Å². The summed E-state index contributed by atoms with van der Waals surface area (Å²) in [6.45, 7) is 1.27. The molecule has 3 N–H and O–H groups in total. The molecule has 0 unspecified atom stereocenters. The molecule has 18 heavy (non-hydrogen) atoms. The van der Waals surface area contributed by atoms with Crippen LogP contribution in [0.5, 0.6) is 0 Å². The van der Waals surface area contributed by atoms with Crippen molar-refractivity contribution in [3.63, 3.8) is 0 Å². The Balaban J connectivity index is 1.89. The van der Waals surface area contributed by atoms with Crippen molar-refractivity contribution in [3.8, 4) is 0 Å². The van der Waals surface area contributed by atoms with Crippen molar-refractivity contribution in [2.45, 2.75) is 12.5 Å². The van der Waals surface area contributed by atoms with Crippen LogP contribution >= 0.6 is 0 Å². The van der Waals surface area contributed by atoms with E-state index in [1.165, 1.54) is 6.33 Å². The minimum absolute atomic E-state index is 0.0277. The molecule has 1 aliphatic rings. The third-order valence-electron chi connectivity index (χ3n) is 3.48. The topological polar surface area (TPSA) is 98.2 Å². The van der Waals surface area contributed by atoms with Gasteiger partial charge in [0.25, 0.3) is 0 Å². The lowest BCUT2D eigenvalue weighted by Gasteiger charge is -2.35. The van der Waals surface area contributed by atoms with Gasteiger partial charge in [0.05, 0.1) is 17.7 Å². The van der Waals surface area contributed by atoms with Crippen LogP contribution in [0.15, 0.2) is 12.5 Å². The van der Waals surface area contributed by atoms with Crippen LogP contribution in [0.4, 0.5) is 5.82 Å². The Morgan fingerprint density at radius 1 is 1.44 bits per heavy atom. The van der Waals surface area contributed by atoms with Gasteiger partial charge in [0.1, 0.15) is 12.1 Å². The van der Waals surface area contributed by atoms with Crippen LogP contribution in [0.25, 0.3) is 11.0 Å². The van der Waals surface area contributed by atoms with E-state index < -0.39 is 6.10 Å². The van der Waals surface area contributed by atoms with Crippen LogP contribution in [-0.2, 0) is 0 Å². The molecular formula is C11H15N5O2. The number of piperidine rings is 1. The molecule has 0 aliphatic carbocycles. The van der Waals surface area contributed by atoms with E-state index in [0.29, 0.717) is 12.2 Å². The van der Waals surface area contributed by atoms with Gasteiger partial charge in [-0.1, -0.05) is 0 Å². The molecule has 0 amide bonds. The standard InChI is InChI=1S/C11H15N5O2/c17-5-7-1-2-16(4-9(7)18)11-8-3-14-15-10(8)12-6-13-11/h3,6-7,9,17-18H,1-2,4-5H2,(H,12,13,14,15)/t7-,9-/m1/s1. The number of hydrogen-bond donors (Lipinski definition) is 3. The molecular weight excluding hydrogens is 234 g/mol. The predicted octanol–water partition coefficient (Wildman–Crippen LogP) is -0.468. The Kier molecular flexibility index (Phi) is 2.85. The first-order valence-electron chi connectivity index (χ1n) is 5.97. The van der Waals surface area contributed by atoms with E-state index in [-0.39, 0.29) is 12.5 Å². The van der Waals surface area contributed by atoms with Crippen molar-refractivity contribution >= 4 is 16.9 Å². The number of aliphatic hydroxyl groups excluding tert-OH is 2. The van der Waals surface area contributed by atoms with Crippen molar-refractivity contribution < 1.29 is 10.2 Å². The van der Waals surface area contributed by atoms with Crippen LogP contribution in [0, 0.1) is 5.92 Å². The lowest BCUT2D eigenvalue weighted by Crippen LogP contribution is -2.45. The first kappa shape index (κ1) is 11.4. The number of β-amino-alcohol motifs (C(OH)–C–C–N with tert-alkyl or cyclic N) is 1. The van der Waals surface area contributed by atoms with Gasteiger partial charge in [-0.05, 0) is 6.42 Å². The van der Waals surface area contributed by atoms with Crippen LogP contribution in [0.3, 0.4) is 0 Å². The van der Waals surface area contributed by atoms with E-state index in [4.69, 9.17) is 5.11 Å². The number of H-pyrrole nitrogens is 1. The lowest BCUT2D eigenvalue weighted by molar-refractivity contribution is 0.0547. The smallest absolute Gasteiger partial charge is 0.160 e. The van der Waals surface area contributed by atoms with Crippen molar-refractivity contribution in [2.24, 2.45) is 5.92 Å². The van der Waals surface area contributed by atoms with Crippen molar-refractivity contribution in [3.05, 3.63) is 12.5 Å². The molecule has 96 valence electrons. The number of nitrogens with one attached hydrogen (secondary N) is 1. The SMILES string of the molecule is OC[C@H]1CCN(c2ncnc3[nH]ncc23)C[C@H]1O. The maximum atomic E-state index is 9.95. The molecule has 3 heterocycles. The van der Waals surface area contributed by atoms with E-state index in [9.17, 15) is 5.11 Å².